The highest BCUT2D eigenvalue weighted by molar-refractivity contribution is 7.25. The van der Waals surface area contributed by atoms with E-state index in [1.165, 1.54) is 92.6 Å². The molecule has 9 aromatic rings. The highest BCUT2D eigenvalue weighted by atomic mass is 32.1. The maximum atomic E-state index is 2.48. The average Bonchev–Trinajstić information content (AvgIpc) is 3.81. The van der Waals surface area contributed by atoms with Crippen LogP contribution in [0.25, 0.3) is 64.7 Å². The minimum Gasteiger partial charge on any atom is -0.310 e. The van der Waals surface area contributed by atoms with Crippen LogP contribution in [0.2, 0.25) is 0 Å². The number of anilines is 3. The highest BCUT2D eigenvalue weighted by Crippen LogP contribution is 2.55. The van der Waals surface area contributed by atoms with Crippen molar-refractivity contribution in [2.75, 3.05) is 4.90 Å². The van der Waals surface area contributed by atoms with Crippen molar-refractivity contribution < 1.29 is 0 Å². The first kappa shape index (κ1) is 33.1. The van der Waals surface area contributed by atoms with Crippen molar-refractivity contribution in [1.29, 1.82) is 0 Å². The van der Waals surface area contributed by atoms with Crippen LogP contribution in [0.5, 0.6) is 0 Å². The van der Waals surface area contributed by atoms with Gasteiger partial charge in [-0.1, -0.05) is 155 Å². The van der Waals surface area contributed by atoms with Crippen LogP contribution >= 0.6 is 11.3 Å². The normalized spacial score (nSPS) is 14.4. The highest BCUT2D eigenvalue weighted by Gasteiger charge is 2.38. The van der Waals surface area contributed by atoms with E-state index in [9.17, 15) is 0 Å². The van der Waals surface area contributed by atoms with Gasteiger partial charge in [0.2, 0.25) is 0 Å². The summed E-state index contributed by atoms with van der Waals surface area (Å²) in [5, 5.41) is 2.64. The van der Waals surface area contributed by atoms with Crippen LogP contribution in [0.15, 0.2) is 176 Å². The fourth-order valence-corrected chi connectivity index (χ4v) is 11.0. The minimum atomic E-state index is -0.101. The van der Waals surface area contributed by atoms with E-state index in [0.717, 1.165) is 11.4 Å². The molecule has 56 heavy (non-hydrogen) atoms. The first-order chi connectivity index (χ1) is 27.3. The Bertz CT molecular complexity index is 3030. The molecule has 2 aliphatic carbocycles. The quantitative estimate of drug-likeness (QED) is 0.170. The molecular weight excluding hydrogens is 695 g/mol. The van der Waals surface area contributed by atoms with Gasteiger partial charge < -0.3 is 4.90 Å². The standard InChI is InChI=1S/C54H41NS/c1-53(2)44-20-8-5-17-41(44)51-39(19-12-22-46(51)53)34-26-29-37(30-27-34)55(48-24-13-23-47-52(48)42-18-6-9-21-45(42)54(47,3)4)38-15-11-14-35(32-38)36-28-31-50-43(33-36)40-16-7-10-25-49(40)56-50/h5-33H,1-4H3. The number of hydrogen-bond acceptors (Lipinski definition) is 2. The number of nitrogens with zero attached hydrogens (tertiary/aromatic N) is 1. The van der Waals surface area contributed by atoms with Crippen LogP contribution in [-0.2, 0) is 10.8 Å². The monoisotopic (exact) mass is 735 g/mol. The zero-order chi connectivity index (χ0) is 37.8. The summed E-state index contributed by atoms with van der Waals surface area (Å²) in [6.45, 7) is 9.44. The molecule has 2 aliphatic rings. The second-order valence-corrected chi connectivity index (χ2v) is 17.6. The van der Waals surface area contributed by atoms with Gasteiger partial charge in [0, 0.05) is 47.9 Å². The number of hydrogen-bond donors (Lipinski definition) is 0. The lowest BCUT2D eigenvalue weighted by molar-refractivity contribution is 0.660. The van der Waals surface area contributed by atoms with Crippen molar-refractivity contribution in [3.63, 3.8) is 0 Å². The third-order valence-corrected chi connectivity index (χ3v) is 13.8. The summed E-state index contributed by atoms with van der Waals surface area (Å²) in [7, 11) is 0. The second-order valence-electron chi connectivity index (χ2n) is 16.5. The van der Waals surface area contributed by atoms with Crippen molar-refractivity contribution >= 4 is 48.6 Å². The summed E-state index contributed by atoms with van der Waals surface area (Å²) in [6.07, 6.45) is 0. The Balaban J connectivity index is 1.09. The maximum absolute atomic E-state index is 2.48. The Morgan fingerprint density at radius 3 is 1.70 bits per heavy atom. The summed E-state index contributed by atoms with van der Waals surface area (Å²) in [6, 6.07) is 65.8. The predicted octanol–water partition coefficient (Wildman–Crippen LogP) is 15.5. The molecule has 0 atom stereocenters. The molecule has 268 valence electrons. The fraction of sp³-hybridized carbons (Fsp3) is 0.111. The zero-order valence-electron chi connectivity index (χ0n) is 32.1. The smallest absolute Gasteiger partial charge is 0.0543 e. The first-order valence-electron chi connectivity index (χ1n) is 19.7. The van der Waals surface area contributed by atoms with E-state index >= 15 is 0 Å². The summed E-state index contributed by atoms with van der Waals surface area (Å²) >= 11 is 1.87. The second kappa shape index (κ2) is 12.1. The van der Waals surface area contributed by atoms with Crippen molar-refractivity contribution in [3.05, 3.63) is 198 Å². The maximum Gasteiger partial charge on any atom is 0.0543 e. The molecule has 2 heteroatoms. The Hall–Kier alpha value is -6.22. The molecule has 0 saturated heterocycles. The lowest BCUT2D eigenvalue weighted by Gasteiger charge is -2.29. The molecule has 1 heterocycles. The van der Waals surface area contributed by atoms with Crippen LogP contribution in [0.1, 0.15) is 49.9 Å². The van der Waals surface area contributed by atoms with Crippen molar-refractivity contribution in [1.82, 2.24) is 0 Å². The van der Waals surface area contributed by atoms with E-state index < -0.39 is 0 Å². The van der Waals surface area contributed by atoms with Crippen LogP contribution < -0.4 is 4.90 Å². The van der Waals surface area contributed by atoms with Crippen LogP contribution in [-0.4, -0.2) is 0 Å². The van der Waals surface area contributed by atoms with Gasteiger partial charge in [-0.15, -0.1) is 11.3 Å². The van der Waals surface area contributed by atoms with Gasteiger partial charge in [0.05, 0.1) is 5.69 Å². The molecule has 0 fully saturated rings. The van der Waals surface area contributed by atoms with Crippen molar-refractivity contribution in [2.45, 2.75) is 38.5 Å². The van der Waals surface area contributed by atoms with E-state index in [1.807, 2.05) is 11.3 Å². The van der Waals surface area contributed by atoms with Crippen LogP contribution in [0, 0.1) is 0 Å². The van der Waals surface area contributed by atoms with Crippen LogP contribution in [0.3, 0.4) is 0 Å². The molecule has 0 radical (unpaired) electrons. The Morgan fingerprint density at radius 1 is 0.375 bits per heavy atom. The summed E-state index contributed by atoms with van der Waals surface area (Å²) in [4.78, 5) is 2.48. The Kier molecular flexibility index (Phi) is 7.18. The summed E-state index contributed by atoms with van der Waals surface area (Å²) in [5.74, 6) is 0. The molecule has 1 nitrogen and oxygen atoms in total. The zero-order valence-corrected chi connectivity index (χ0v) is 32.9. The van der Waals surface area contributed by atoms with Gasteiger partial charge in [-0.2, -0.15) is 0 Å². The van der Waals surface area contributed by atoms with Gasteiger partial charge in [-0.05, 0) is 110 Å². The van der Waals surface area contributed by atoms with Crippen molar-refractivity contribution in [3.8, 4) is 44.5 Å². The molecule has 0 unspecified atom stereocenters. The van der Waals surface area contributed by atoms with Gasteiger partial charge in [0.15, 0.2) is 0 Å². The van der Waals surface area contributed by atoms with E-state index in [-0.39, 0.29) is 10.8 Å². The Labute approximate surface area is 333 Å². The molecule has 0 bridgehead atoms. The molecule has 8 aromatic carbocycles. The Morgan fingerprint density at radius 2 is 0.929 bits per heavy atom. The minimum absolute atomic E-state index is 0.0392. The molecule has 0 aliphatic heterocycles. The first-order valence-corrected chi connectivity index (χ1v) is 20.5. The van der Waals surface area contributed by atoms with Gasteiger partial charge in [0.1, 0.15) is 0 Å². The molecule has 1 aromatic heterocycles. The molecule has 0 spiro atoms. The number of fused-ring (bicyclic) bond motifs is 9. The molecule has 0 amide bonds. The predicted molar refractivity (Wildman–Crippen MR) is 240 cm³/mol. The van der Waals surface area contributed by atoms with Gasteiger partial charge in [-0.3, -0.25) is 0 Å². The summed E-state index contributed by atoms with van der Waals surface area (Å²) in [5.41, 5.74) is 19.2. The van der Waals surface area contributed by atoms with Gasteiger partial charge >= 0.3 is 0 Å². The number of thiophene rings is 1. The summed E-state index contributed by atoms with van der Waals surface area (Å²) < 4.78 is 2.66. The van der Waals surface area contributed by atoms with E-state index in [4.69, 9.17) is 0 Å². The van der Waals surface area contributed by atoms with E-state index in [1.54, 1.807) is 0 Å². The average molecular weight is 736 g/mol. The van der Waals surface area contributed by atoms with E-state index in [2.05, 4.69) is 209 Å². The van der Waals surface area contributed by atoms with Gasteiger partial charge in [-0.25, -0.2) is 0 Å². The van der Waals surface area contributed by atoms with Crippen molar-refractivity contribution in [2.24, 2.45) is 0 Å². The third kappa shape index (κ3) is 4.79. The molecular formula is C54H41NS. The molecule has 0 N–H and O–H groups in total. The topological polar surface area (TPSA) is 3.24 Å². The lowest BCUT2D eigenvalue weighted by atomic mass is 9.82. The van der Waals surface area contributed by atoms with E-state index in [0.29, 0.717) is 0 Å². The fourth-order valence-electron chi connectivity index (χ4n) is 9.86. The molecule has 11 rings (SSSR count). The molecule has 0 saturated carbocycles. The SMILES string of the molecule is CC1(C)c2ccccc2-c2c(-c3ccc(N(c4cccc(-c5ccc6sc7ccccc7c6c5)c4)c4cccc5c4-c4ccccc4C5(C)C)cc3)cccc21. The van der Waals surface area contributed by atoms with Crippen LogP contribution in [0.4, 0.5) is 17.1 Å². The lowest BCUT2D eigenvalue weighted by Crippen LogP contribution is -2.16. The number of benzene rings is 8. The largest absolute Gasteiger partial charge is 0.310 e. The third-order valence-electron chi connectivity index (χ3n) is 12.7. The number of rotatable bonds is 5. The van der Waals surface area contributed by atoms with Gasteiger partial charge in [0.25, 0.3) is 0 Å².